The number of hydrogen-bond acceptors (Lipinski definition) is 1. The van der Waals surface area contributed by atoms with Crippen LogP contribution in [0, 0.1) is 11.8 Å². The Morgan fingerprint density at radius 3 is 2.18 bits per heavy atom. The Balaban J connectivity index is 4.53. The van der Waals surface area contributed by atoms with Gasteiger partial charge in [0, 0.05) is 6.54 Å². The summed E-state index contributed by atoms with van der Waals surface area (Å²) >= 11 is 0. The van der Waals surface area contributed by atoms with Crippen molar-refractivity contribution in [1.29, 1.82) is 0 Å². The molecule has 1 unspecified atom stereocenters. The van der Waals surface area contributed by atoms with Crippen LogP contribution in [0.2, 0.25) is 0 Å². The average molecular weight is 239 g/mol. The maximum absolute atomic E-state index is 2.48. The van der Waals surface area contributed by atoms with E-state index in [2.05, 4.69) is 52.8 Å². The summed E-state index contributed by atoms with van der Waals surface area (Å²) in [4.78, 5) is 2.33. The molecular weight excluding hydrogens is 206 g/mol. The molecule has 1 atom stereocenters. The van der Waals surface area contributed by atoms with E-state index in [1.54, 1.807) is 5.57 Å². The molecule has 0 aliphatic rings. The lowest BCUT2D eigenvalue weighted by atomic mass is 9.88. The molecule has 0 rings (SSSR count). The second-order valence-corrected chi connectivity index (χ2v) is 5.87. The zero-order valence-corrected chi connectivity index (χ0v) is 12.9. The summed E-state index contributed by atoms with van der Waals surface area (Å²) in [6, 6.07) is 0. The standard InChI is InChI=1S/C16H33N/c1-7-9-15(12-11-14(3)4)16(10-8-2)13-17(5)6/h9,14,16H,7-8,10-13H2,1-6H3. The summed E-state index contributed by atoms with van der Waals surface area (Å²) in [6.07, 6.45) is 8.92. The zero-order valence-electron chi connectivity index (χ0n) is 12.9. The van der Waals surface area contributed by atoms with Gasteiger partial charge in [0.05, 0.1) is 0 Å². The van der Waals surface area contributed by atoms with Crippen molar-refractivity contribution in [3.05, 3.63) is 11.6 Å². The molecular formula is C16H33N. The van der Waals surface area contributed by atoms with Crippen molar-refractivity contribution in [3.8, 4) is 0 Å². The number of allylic oxidation sites excluding steroid dienone is 1. The summed E-state index contributed by atoms with van der Waals surface area (Å²) in [5.74, 6) is 1.59. The van der Waals surface area contributed by atoms with Crippen LogP contribution >= 0.6 is 0 Å². The van der Waals surface area contributed by atoms with Crippen molar-refractivity contribution in [2.45, 2.75) is 59.8 Å². The van der Waals surface area contributed by atoms with Gasteiger partial charge in [0.15, 0.2) is 0 Å². The van der Waals surface area contributed by atoms with E-state index in [4.69, 9.17) is 0 Å². The molecule has 0 spiro atoms. The molecule has 0 amide bonds. The Morgan fingerprint density at radius 1 is 1.12 bits per heavy atom. The second-order valence-electron chi connectivity index (χ2n) is 5.87. The minimum atomic E-state index is 0.772. The van der Waals surface area contributed by atoms with Gasteiger partial charge in [-0.25, -0.2) is 0 Å². The van der Waals surface area contributed by atoms with Crippen molar-refractivity contribution in [2.75, 3.05) is 20.6 Å². The second kappa shape index (κ2) is 9.70. The zero-order chi connectivity index (χ0) is 13.3. The van der Waals surface area contributed by atoms with E-state index in [0.29, 0.717) is 0 Å². The van der Waals surface area contributed by atoms with Crippen molar-refractivity contribution in [1.82, 2.24) is 4.90 Å². The molecule has 0 aliphatic carbocycles. The van der Waals surface area contributed by atoms with Gasteiger partial charge in [-0.2, -0.15) is 0 Å². The highest BCUT2D eigenvalue weighted by Crippen LogP contribution is 2.24. The van der Waals surface area contributed by atoms with E-state index in [1.807, 2.05) is 0 Å². The lowest BCUT2D eigenvalue weighted by molar-refractivity contribution is 0.330. The lowest BCUT2D eigenvalue weighted by Gasteiger charge is -2.24. The molecule has 1 heteroatoms. The fourth-order valence-corrected chi connectivity index (χ4v) is 2.37. The third-order valence-electron chi connectivity index (χ3n) is 3.22. The smallest absolute Gasteiger partial charge is 0.00409 e. The molecule has 0 fully saturated rings. The molecule has 102 valence electrons. The first-order valence-corrected chi connectivity index (χ1v) is 7.34. The minimum Gasteiger partial charge on any atom is -0.309 e. The minimum absolute atomic E-state index is 0.772. The predicted octanol–water partition coefficient (Wildman–Crippen LogP) is 4.74. The van der Waals surface area contributed by atoms with Crippen LogP contribution in [0.4, 0.5) is 0 Å². The average Bonchev–Trinajstić information content (AvgIpc) is 2.22. The SMILES string of the molecule is CCC=C(CCC(C)C)C(CCC)CN(C)C. The molecule has 0 bridgehead atoms. The maximum Gasteiger partial charge on any atom is 0.00409 e. The van der Waals surface area contributed by atoms with E-state index in [-0.39, 0.29) is 0 Å². The third kappa shape index (κ3) is 8.43. The predicted molar refractivity (Wildman–Crippen MR) is 79.4 cm³/mol. The van der Waals surface area contributed by atoms with Crippen molar-refractivity contribution >= 4 is 0 Å². The fourth-order valence-electron chi connectivity index (χ4n) is 2.37. The lowest BCUT2D eigenvalue weighted by Crippen LogP contribution is -2.23. The molecule has 0 radical (unpaired) electrons. The van der Waals surface area contributed by atoms with E-state index in [1.165, 1.54) is 38.6 Å². The molecule has 0 aromatic heterocycles. The van der Waals surface area contributed by atoms with Crippen LogP contribution in [0.3, 0.4) is 0 Å². The van der Waals surface area contributed by atoms with Crippen LogP contribution < -0.4 is 0 Å². The molecule has 0 heterocycles. The molecule has 0 aromatic carbocycles. The van der Waals surface area contributed by atoms with Crippen LogP contribution in [0.15, 0.2) is 11.6 Å². The third-order valence-corrected chi connectivity index (χ3v) is 3.22. The van der Waals surface area contributed by atoms with Gasteiger partial charge in [-0.3, -0.25) is 0 Å². The van der Waals surface area contributed by atoms with Crippen LogP contribution in [-0.2, 0) is 0 Å². The molecule has 0 N–H and O–H groups in total. The Bertz CT molecular complexity index is 204. The summed E-state index contributed by atoms with van der Waals surface area (Å²) in [7, 11) is 4.38. The summed E-state index contributed by atoms with van der Waals surface area (Å²) < 4.78 is 0. The van der Waals surface area contributed by atoms with Gasteiger partial charge < -0.3 is 4.90 Å². The quantitative estimate of drug-likeness (QED) is 0.525. The maximum atomic E-state index is 2.48. The summed E-state index contributed by atoms with van der Waals surface area (Å²) in [6.45, 7) is 10.4. The first-order valence-electron chi connectivity index (χ1n) is 7.34. The van der Waals surface area contributed by atoms with Gasteiger partial charge in [0.25, 0.3) is 0 Å². The van der Waals surface area contributed by atoms with Crippen LogP contribution in [0.5, 0.6) is 0 Å². The Hall–Kier alpha value is -0.300. The largest absolute Gasteiger partial charge is 0.309 e. The van der Waals surface area contributed by atoms with Crippen molar-refractivity contribution in [2.24, 2.45) is 11.8 Å². The van der Waals surface area contributed by atoms with Crippen molar-refractivity contribution in [3.63, 3.8) is 0 Å². The van der Waals surface area contributed by atoms with Crippen LogP contribution in [-0.4, -0.2) is 25.5 Å². The van der Waals surface area contributed by atoms with E-state index >= 15 is 0 Å². The van der Waals surface area contributed by atoms with Crippen LogP contribution in [0.25, 0.3) is 0 Å². The van der Waals surface area contributed by atoms with E-state index in [0.717, 1.165) is 11.8 Å². The first kappa shape index (κ1) is 16.7. The molecule has 0 saturated carbocycles. The Labute approximate surface area is 109 Å². The first-order chi connectivity index (χ1) is 8.01. The topological polar surface area (TPSA) is 3.24 Å². The van der Waals surface area contributed by atoms with Gasteiger partial charge in [0.2, 0.25) is 0 Å². The number of hydrogen-bond donors (Lipinski definition) is 0. The molecule has 0 aromatic rings. The summed E-state index contributed by atoms with van der Waals surface area (Å²) in [5.41, 5.74) is 1.71. The molecule has 17 heavy (non-hydrogen) atoms. The van der Waals surface area contributed by atoms with Gasteiger partial charge in [0.1, 0.15) is 0 Å². The number of nitrogens with zero attached hydrogens (tertiary/aromatic N) is 1. The highest BCUT2D eigenvalue weighted by atomic mass is 15.1. The fraction of sp³-hybridized carbons (Fsp3) is 0.875. The summed E-state index contributed by atoms with van der Waals surface area (Å²) in [5, 5.41) is 0. The van der Waals surface area contributed by atoms with Gasteiger partial charge >= 0.3 is 0 Å². The number of rotatable bonds is 9. The van der Waals surface area contributed by atoms with Gasteiger partial charge in [-0.05, 0) is 51.6 Å². The molecule has 0 aliphatic heterocycles. The van der Waals surface area contributed by atoms with Gasteiger partial charge in [-0.1, -0.05) is 45.8 Å². The van der Waals surface area contributed by atoms with E-state index < -0.39 is 0 Å². The molecule has 1 nitrogen and oxygen atoms in total. The highest BCUT2D eigenvalue weighted by molar-refractivity contribution is 5.07. The van der Waals surface area contributed by atoms with Crippen molar-refractivity contribution < 1.29 is 0 Å². The molecule has 0 saturated heterocycles. The Morgan fingerprint density at radius 2 is 1.76 bits per heavy atom. The normalized spacial score (nSPS) is 14.7. The Kier molecular flexibility index (Phi) is 9.53. The highest BCUT2D eigenvalue weighted by Gasteiger charge is 2.14. The van der Waals surface area contributed by atoms with Crippen LogP contribution in [0.1, 0.15) is 59.8 Å². The van der Waals surface area contributed by atoms with E-state index in [9.17, 15) is 0 Å². The monoisotopic (exact) mass is 239 g/mol. The van der Waals surface area contributed by atoms with Gasteiger partial charge in [-0.15, -0.1) is 0 Å².